The molecule has 1 aliphatic heterocycles. The number of nitrogens with one attached hydrogen (secondary N) is 2. The Kier molecular flexibility index (Phi) is 5.52. The lowest BCUT2D eigenvalue weighted by Crippen LogP contribution is -2.27. The van der Waals surface area contributed by atoms with Gasteiger partial charge in [0.2, 0.25) is 5.91 Å². The van der Waals surface area contributed by atoms with E-state index < -0.39 is 21.0 Å². The van der Waals surface area contributed by atoms with Gasteiger partial charge in [0, 0.05) is 16.6 Å². The lowest BCUT2D eigenvalue weighted by Gasteiger charge is -2.19. The minimum Gasteiger partial charge on any atom is -0.482 e. The van der Waals surface area contributed by atoms with Crippen molar-refractivity contribution in [2.24, 2.45) is 0 Å². The third-order valence-electron chi connectivity index (χ3n) is 4.02. The van der Waals surface area contributed by atoms with E-state index in [1.807, 2.05) is 6.07 Å². The van der Waals surface area contributed by atoms with E-state index in [4.69, 9.17) is 4.74 Å². The van der Waals surface area contributed by atoms with Gasteiger partial charge in [-0.2, -0.15) is 0 Å². The molecule has 1 heterocycles. The van der Waals surface area contributed by atoms with Crippen LogP contribution in [-0.4, -0.2) is 32.1 Å². The van der Waals surface area contributed by atoms with Crippen LogP contribution in [0.2, 0.25) is 0 Å². The molecular weight excluding hydrogens is 436 g/mol. The number of hydrogen-bond acceptors (Lipinski definition) is 5. The van der Waals surface area contributed by atoms with E-state index in [0.717, 1.165) is 4.47 Å². The van der Waals surface area contributed by atoms with Gasteiger partial charge in [-0.3, -0.25) is 9.59 Å². The van der Waals surface area contributed by atoms with E-state index in [0.29, 0.717) is 17.1 Å². The van der Waals surface area contributed by atoms with Gasteiger partial charge >= 0.3 is 0 Å². The maximum atomic E-state index is 12.8. The molecule has 0 radical (unpaired) electrons. The molecule has 0 bridgehead atoms. The zero-order chi connectivity index (χ0) is 19.6. The SMILES string of the molecule is C[C@@H](CC(=O)Nc1cccc(Br)c1)S(=O)(=O)c1ccc2c(c1)NC(=O)CO2. The zero-order valence-electron chi connectivity index (χ0n) is 14.4. The second-order valence-electron chi connectivity index (χ2n) is 6.11. The number of sulfone groups is 1. The van der Waals surface area contributed by atoms with Crippen molar-refractivity contribution in [1.29, 1.82) is 0 Å². The van der Waals surface area contributed by atoms with Crippen LogP contribution >= 0.6 is 15.9 Å². The standard InChI is InChI=1S/C18H17BrN2O5S/c1-11(7-17(22)20-13-4-2-3-12(19)8-13)27(24,25)14-5-6-16-15(9-14)21-18(23)10-26-16/h2-6,8-9,11H,7,10H2,1H3,(H,20,22)(H,21,23)/t11-/m0/s1. The van der Waals surface area contributed by atoms with Crippen LogP contribution in [0.5, 0.6) is 5.75 Å². The van der Waals surface area contributed by atoms with Crippen LogP contribution in [-0.2, 0) is 19.4 Å². The third-order valence-corrected chi connectivity index (χ3v) is 6.65. The van der Waals surface area contributed by atoms with E-state index in [-0.39, 0.29) is 23.8 Å². The first kappa shape index (κ1) is 19.4. The van der Waals surface area contributed by atoms with Crippen LogP contribution in [0.1, 0.15) is 13.3 Å². The van der Waals surface area contributed by atoms with E-state index in [1.165, 1.54) is 25.1 Å². The van der Waals surface area contributed by atoms with Crippen LogP contribution in [0.3, 0.4) is 0 Å². The molecule has 0 aliphatic carbocycles. The Hall–Kier alpha value is -2.39. The van der Waals surface area contributed by atoms with Gasteiger partial charge < -0.3 is 15.4 Å². The third kappa shape index (κ3) is 4.48. The fourth-order valence-corrected chi connectivity index (χ4v) is 4.40. The van der Waals surface area contributed by atoms with Gasteiger partial charge in [-0.15, -0.1) is 0 Å². The quantitative estimate of drug-likeness (QED) is 0.725. The van der Waals surface area contributed by atoms with Crippen LogP contribution < -0.4 is 15.4 Å². The maximum Gasteiger partial charge on any atom is 0.262 e. The highest BCUT2D eigenvalue weighted by Gasteiger charge is 2.27. The molecule has 2 amide bonds. The first-order valence-corrected chi connectivity index (χ1v) is 10.5. The molecule has 0 spiro atoms. The summed E-state index contributed by atoms with van der Waals surface area (Å²) in [6, 6.07) is 11.3. The van der Waals surface area contributed by atoms with Crippen molar-refractivity contribution in [1.82, 2.24) is 0 Å². The van der Waals surface area contributed by atoms with Gasteiger partial charge in [-0.1, -0.05) is 22.0 Å². The molecule has 3 rings (SSSR count). The summed E-state index contributed by atoms with van der Waals surface area (Å²) in [5, 5.41) is 4.32. The van der Waals surface area contributed by atoms with Crippen molar-refractivity contribution < 1.29 is 22.7 Å². The second-order valence-corrected chi connectivity index (χ2v) is 9.39. The molecule has 27 heavy (non-hydrogen) atoms. The molecule has 2 aromatic rings. The highest BCUT2D eigenvalue weighted by molar-refractivity contribution is 9.10. The Morgan fingerprint density at radius 1 is 1.30 bits per heavy atom. The average molecular weight is 453 g/mol. The van der Waals surface area contributed by atoms with E-state index in [2.05, 4.69) is 26.6 Å². The molecule has 1 aliphatic rings. The highest BCUT2D eigenvalue weighted by Crippen LogP contribution is 2.31. The summed E-state index contributed by atoms with van der Waals surface area (Å²) < 4.78 is 31.6. The van der Waals surface area contributed by atoms with E-state index in [1.54, 1.807) is 18.2 Å². The number of fused-ring (bicyclic) bond motifs is 1. The fourth-order valence-electron chi connectivity index (χ4n) is 2.62. The molecule has 142 valence electrons. The van der Waals surface area contributed by atoms with Crippen molar-refractivity contribution in [3.63, 3.8) is 0 Å². The number of amides is 2. The summed E-state index contributed by atoms with van der Waals surface area (Å²) in [5.41, 5.74) is 0.880. The first-order valence-electron chi connectivity index (χ1n) is 8.12. The molecule has 0 unspecified atom stereocenters. The first-order chi connectivity index (χ1) is 12.8. The highest BCUT2D eigenvalue weighted by atomic mass is 79.9. The molecule has 1 atom stereocenters. The Morgan fingerprint density at radius 2 is 2.07 bits per heavy atom. The van der Waals surface area contributed by atoms with Crippen LogP contribution in [0, 0.1) is 0 Å². The minimum absolute atomic E-state index is 0.0230. The molecular formula is C18H17BrN2O5S. The van der Waals surface area contributed by atoms with Gasteiger partial charge in [-0.05, 0) is 43.3 Å². The second kappa shape index (κ2) is 7.69. The molecule has 0 saturated carbocycles. The van der Waals surface area contributed by atoms with Crippen LogP contribution in [0.4, 0.5) is 11.4 Å². The Balaban J connectivity index is 1.73. The van der Waals surface area contributed by atoms with Crippen molar-refractivity contribution >= 4 is 49.0 Å². The molecule has 9 heteroatoms. The maximum absolute atomic E-state index is 12.8. The summed E-state index contributed by atoms with van der Waals surface area (Å²) >= 11 is 3.31. The topological polar surface area (TPSA) is 102 Å². The molecule has 2 N–H and O–H groups in total. The lowest BCUT2D eigenvalue weighted by atomic mass is 10.2. The molecule has 0 saturated heterocycles. The summed E-state index contributed by atoms with van der Waals surface area (Å²) in [5.74, 6) is -0.342. The minimum atomic E-state index is -3.76. The normalized spacial score (nSPS) is 14.5. The van der Waals surface area contributed by atoms with Gasteiger partial charge in [-0.25, -0.2) is 8.42 Å². The van der Waals surface area contributed by atoms with E-state index >= 15 is 0 Å². The van der Waals surface area contributed by atoms with Crippen molar-refractivity contribution in [3.05, 3.63) is 46.9 Å². The number of ether oxygens (including phenoxy) is 1. The van der Waals surface area contributed by atoms with Gasteiger partial charge in [0.05, 0.1) is 15.8 Å². The average Bonchev–Trinajstić information content (AvgIpc) is 2.60. The number of anilines is 2. The smallest absolute Gasteiger partial charge is 0.262 e. The zero-order valence-corrected chi connectivity index (χ0v) is 16.8. The molecule has 7 nitrogen and oxygen atoms in total. The Bertz CT molecular complexity index is 1010. The lowest BCUT2D eigenvalue weighted by molar-refractivity contribution is -0.118. The number of hydrogen-bond donors (Lipinski definition) is 2. The predicted molar refractivity (Wildman–Crippen MR) is 105 cm³/mol. The molecule has 0 aromatic heterocycles. The summed E-state index contributed by atoms with van der Waals surface area (Å²) in [6.45, 7) is 1.37. The predicted octanol–water partition coefficient (Wildman–Crippen LogP) is 2.97. The number of halogens is 1. The monoisotopic (exact) mass is 452 g/mol. The van der Waals surface area contributed by atoms with E-state index in [9.17, 15) is 18.0 Å². The van der Waals surface area contributed by atoms with Gasteiger partial charge in [0.15, 0.2) is 16.4 Å². The number of carbonyl (C=O) groups is 2. The number of rotatable bonds is 5. The summed E-state index contributed by atoms with van der Waals surface area (Å²) in [4.78, 5) is 23.7. The Morgan fingerprint density at radius 3 is 2.81 bits per heavy atom. The number of benzene rings is 2. The molecule has 0 fully saturated rings. The van der Waals surface area contributed by atoms with Crippen molar-refractivity contribution in [3.8, 4) is 5.75 Å². The van der Waals surface area contributed by atoms with Crippen molar-refractivity contribution in [2.45, 2.75) is 23.5 Å². The van der Waals surface area contributed by atoms with Crippen molar-refractivity contribution in [2.75, 3.05) is 17.2 Å². The largest absolute Gasteiger partial charge is 0.482 e. The van der Waals surface area contributed by atoms with Gasteiger partial charge in [0.25, 0.3) is 5.91 Å². The van der Waals surface area contributed by atoms with Crippen LogP contribution in [0.15, 0.2) is 51.8 Å². The number of carbonyl (C=O) groups excluding carboxylic acids is 2. The Labute approximate surface area is 165 Å². The molecule has 2 aromatic carbocycles. The fraction of sp³-hybridized carbons (Fsp3) is 0.222. The summed E-state index contributed by atoms with van der Waals surface area (Å²) in [7, 11) is -3.76. The van der Waals surface area contributed by atoms with Gasteiger partial charge in [0.1, 0.15) is 5.75 Å². The van der Waals surface area contributed by atoms with Crippen LogP contribution in [0.25, 0.3) is 0 Å². The summed E-state index contributed by atoms with van der Waals surface area (Å²) in [6.07, 6.45) is -0.200.